The molecular formula is C26H28N2O4S. The van der Waals surface area contributed by atoms with Gasteiger partial charge in [-0.25, -0.2) is 0 Å². The summed E-state index contributed by atoms with van der Waals surface area (Å²) in [5, 5.41) is 5.91. The third kappa shape index (κ3) is 8.12. The molecule has 0 spiro atoms. The van der Waals surface area contributed by atoms with Crippen molar-refractivity contribution in [2.45, 2.75) is 26.4 Å². The van der Waals surface area contributed by atoms with Crippen LogP contribution in [0.2, 0.25) is 0 Å². The highest BCUT2D eigenvalue weighted by molar-refractivity contribution is 7.80. The van der Waals surface area contributed by atoms with Gasteiger partial charge in [-0.3, -0.25) is 10.1 Å². The van der Waals surface area contributed by atoms with Crippen LogP contribution in [0.15, 0.2) is 78.9 Å². The molecule has 2 N–H and O–H groups in total. The molecule has 0 saturated heterocycles. The number of benzene rings is 3. The minimum absolute atomic E-state index is 0.121. The minimum atomic E-state index is -0.307. The van der Waals surface area contributed by atoms with Gasteiger partial charge in [0, 0.05) is 17.3 Å². The second kappa shape index (κ2) is 12.5. The average molecular weight is 465 g/mol. The van der Waals surface area contributed by atoms with Crippen LogP contribution in [0.25, 0.3) is 0 Å². The predicted molar refractivity (Wildman–Crippen MR) is 134 cm³/mol. The second-order valence-corrected chi connectivity index (χ2v) is 7.72. The van der Waals surface area contributed by atoms with Crippen LogP contribution in [0.1, 0.15) is 30.6 Å². The van der Waals surface area contributed by atoms with Crippen LogP contribution in [0.3, 0.4) is 0 Å². The molecule has 172 valence electrons. The molecule has 0 saturated carbocycles. The van der Waals surface area contributed by atoms with Crippen molar-refractivity contribution >= 4 is 28.9 Å². The number of rotatable bonds is 10. The van der Waals surface area contributed by atoms with Crippen molar-refractivity contribution in [1.82, 2.24) is 5.32 Å². The zero-order valence-electron chi connectivity index (χ0n) is 18.7. The molecule has 1 atom stereocenters. The Bertz CT molecular complexity index is 1040. The van der Waals surface area contributed by atoms with Gasteiger partial charge in [-0.1, -0.05) is 31.2 Å². The Labute approximate surface area is 199 Å². The smallest absolute Gasteiger partial charge is 0.257 e. The molecule has 0 heterocycles. The third-order valence-electron chi connectivity index (χ3n) is 4.71. The standard InChI is InChI=1S/C26H28N2O4S/c1-3-19(2)32-24-11-7-8-21(18-24)27-26(33)28-25(29)20-12-14-23(15-13-20)31-17-16-30-22-9-5-4-6-10-22/h4-15,18-19H,3,16-17H2,1-2H3,(H2,27,28,29,33). The first-order valence-electron chi connectivity index (χ1n) is 10.8. The Kier molecular flexibility index (Phi) is 9.08. The van der Waals surface area contributed by atoms with E-state index in [1.807, 2.05) is 61.5 Å². The summed E-state index contributed by atoms with van der Waals surface area (Å²) < 4.78 is 17.1. The summed E-state index contributed by atoms with van der Waals surface area (Å²) in [6.07, 6.45) is 1.03. The molecule has 0 aromatic heterocycles. The minimum Gasteiger partial charge on any atom is -0.491 e. The quantitative estimate of drug-likeness (QED) is 0.307. The van der Waals surface area contributed by atoms with Crippen molar-refractivity contribution < 1.29 is 19.0 Å². The Balaban J connectivity index is 1.44. The van der Waals surface area contributed by atoms with Crippen LogP contribution in [0.4, 0.5) is 5.69 Å². The molecule has 0 radical (unpaired) electrons. The van der Waals surface area contributed by atoms with E-state index in [9.17, 15) is 4.79 Å². The van der Waals surface area contributed by atoms with Crippen molar-refractivity contribution in [2.24, 2.45) is 0 Å². The lowest BCUT2D eigenvalue weighted by Crippen LogP contribution is -2.34. The van der Waals surface area contributed by atoms with E-state index < -0.39 is 0 Å². The normalized spacial score (nSPS) is 11.2. The molecule has 0 bridgehead atoms. The second-order valence-electron chi connectivity index (χ2n) is 7.31. The highest BCUT2D eigenvalue weighted by Gasteiger charge is 2.09. The van der Waals surface area contributed by atoms with Crippen LogP contribution in [-0.2, 0) is 0 Å². The van der Waals surface area contributed by atoms with Crippen LogP contribution < -0.4 is 24.8 Å². The lowest BCUT2D eigenvalue weighted by Gasteiger charge is -2.14. The predicted octanol–water partition coefficient (Wildman–Crippen LogP) is 5.45. The Morgan fingerprint density at radius 2 is 1.52 bits per heavy atom. The Hall–Kier alpha value is -3.58. The van der Waals surface area contributed by atoms with E-state index in [0.29, 0.717) is 24.5 Å². The molecule has 0 fully saturated rings. The number of hydrogen-bond acceptors (Lipinski definition) is 5. The number of thiocarbonyl (C=S) groups is 1. The fourth-order valence-corrected chi connectivity index (χ4v) is 3.05. The van der Waals surface area contributed by atoms with Crippen molar-refractivity contribution in [1.29, 1.82) is 0 Å². The van der Waals surface area contributed by atoms with E-state index in [1.54, 1.807) is 24.3 Å². The topological polar surface area (TPSA) is 68.8 Å². The number of nitrogens with one attached hydrogen (secondary N) is 2. The largest absolute Gasteiger partial charge is 0.491 e. The molecule has 0 aliphatic heterocycles. The summed E-state index contributed by atoms with van der Waals surface area (Å²) in [4.78, 5) is 12.5. The maximum absolute atomic E-state index is 12.5. The number of carbonyl (C=O) groups excluding carboxylic acids is 1. The van der Waals surface area contributed by atoms with E-state index in [4.69, 9.17) is 26.4 Å². The third-order valence-corrected chi connectivity index (χ3v) is 4.92. The molecule has 1 unspecified atom stereocenters. The molecular weight excluding hydrogens is 436 g/mol. The van der Waals surface area contributed by atoms with Gasteiger partial charge in [-0.05, 0) is 74.1 Å². The van der Waals surface area contributed by atoms with Gasteiger partial charge in [0.05, 0.1) is 6.10 Å². The van der Waals surface area contributed by atoms with Gasteiger partial charge in [0.15, 0.2) is 5.11 Å². The van der Waals surface area contributed by atoms with Gasteiger partial charge >= 0.3 is 0 Å². The van der Waals surface area contributed by atoms with Gasteiger partial charge in [0.2, 0.25) is 0 Å². The highest BCUT2D eigenvalue weighted by Crippen LogP contribution is 2.19. The molecule has 0 aliphatic rings. The molecule has 7 heteroatoms. The number of amides is 1. The van der Waals surface area contributed by atoms with E-state index >= 15 is 0 Å². The van der Waals surface area contributed by atoms with Crippen LogP contribution in [0.5, 0.6) is 17.2 Å². The van der Waals surface area contributed by atoms with Crippen LogP contribution in [0, 0.1) is 0 Å². The maximum atomic E-state index is 12.5. The molecule has 3 rings (SSSR count). The summed E-state index contributed by atoms with van der Waals surface area (Å²) in [5.41, 5.74) is 1.21. The fraction of sp³-hybridized carbons (Fsp3) is 0.231. The Morgan fingerprint density at radius 3 is 2.18 bits per heavy atom. The first-order chi connectivity index (χ1) is 16.0. The van der Waals surface area contributed by atoms with Gasteiger partial charge in [-0.2, -0.15) is 0 Å². The van der Waals surface area contributed by atoms with Crippen molar-refractivity contribution in [3.8, 4) is 17.2 Å². The van der Waals surface area contributed by atoms with E-state index in [0.717, 1.165) is 23.6 Å². The number of ether oxygens (including phenoxy) is 3. The fourth-order valence-electron chi connectivity index (χ4n) is 2.84. The molecule has 1 amide bonds. The molecule has 3 aromatic carbocycles. The summed E-state index contributed by atoms with van der Waals surface area (Å²) in [5.74, 6) is 1.89. The highest BCUT2D eigenvalue weighted by atomic mass is 32.1. The summed E-state index contributed by atoms with van der Waals surface area (Å²) in [6.45, 7) is 4.90. The Morgan fingerprint density at radius 1 is 0.879 bits per heavy atom. The number of anilines is 1. The zero-order valence-corrected chi connectivity index (χ0v) is 19.6. The first-order valence-corrected chi connectivity index (χ1v) is 11.2. The number of para-hydroxylation sites is 1. The first kappa shape index (κ1) is 24.1. The van der Waals surface area contributed by atoms with Crippen molar-refractivity contribution in [2.75, 3.05) is 18.5 Å². The number of carbonyl (C=O) groups is 1. The van der Waals surface area contributed by atoms with Crippen molar-refractivity contribution in [3.05, 3.63) is 84.4 Å². The SMILES string of the molecule is CCC(C)Oc1cccc(NC(=S)NC(=O)c2ccc(OCCOc3ccccc3)cc2)c1. The molecule has 0 aliphatic carbocycles. The summed E-state index contributed by atoms with van der Waals surface area (Å²) in [6, 6.07) is 23.9. The molecule has 6 nitrogen and oxygen atoms in total. The zero-order chi connectivity index (χ0) is 23.5. The molecule has 3 aromatic rings. The van der Waals surface area contributed by atoms with Gasteiger partial charge in [0.1, 0.15) is 30.5 Å². The van der Waals surface area contributed by atoms with Crippen LogP contribution in [-0.4, -0.2) is 30.3 Å². The van der Waals surface area contributed by atoms with E-state index in [-0.39, 0.29) is 17.1 Å². The van der Waals surface area contributed by atoms with Crippen molar-refractivity contribution in [3.63, 3.8) is 0 Å². The average Bonchev–Trinajstić information content (AvgIpc) is 2.83. The summed E-state index contributed by atoms with van der Waals surface area (Å²) >= 11 is 5.28. The molecule has 33 heavy (non-hydrogen) atoms. The summed E-state index contributed by atoms with van der Waals surface area (Å²) in [7, 11) is 0. The lowest BCUT2D eigenvalue weighted by atomic mass is 10.2. The number of hydrogen-bond donors (Lipinski definition) is 2. The van der Waals surface area contributed by atoms with E-state index in [1.165, 1.54) is 0 Å². The maximum Gasteiger partial charge on any atom is 0.257 e. The van der Waals surface area contributed by atoms with Gasteiger partial charge in [-0.15, -0.1) is 0 Å². The van der Waals surface area contributed by atoms with Gasteiger partial charge in [0.25, 0.3) is 5.91 Å². The van der Waals surface area contributed by atoms with E-state index in [2.05, 4.69) is 17.6 Å². The van der Waals surface area contributed by atoms with Crippen LogP contribution >= 0.6 is 12.2 Å². The van der Waals surface area contributed by atoms with Gasteiger partial charge < -0.3 is 19.5 Å². The lowest BCUT2D eigenvalue weighted by molar-refractivity contribution is 0.0977. The monoisotopic (exact) mass is 464 g/mol.